The molecule has 2 aromatic rings. The van der Waals surface area contributed by atoms with Gasteiger partial charge in [-0.05, 0) is 60.7 Å². The molecule has 0 bridgehead atoms. The fourth-order valence-corrected chi connectivity index (χ4v) is 3.22. The van der Waals surface area contributed by atoms with Crippen molar-refractivity contribution in [2.24, 2.45) is 0 Å². The Balaban J connectivity index is 1.82. The minimum absolute atomic E-state index is 0.0246. The van der Waals surface area contributed by atoms with E-state index in [9.17, 15) is 4.79 Å². The molecule has 108 valence electrons. The molecule has 0 spiro atoms. The maximum Gasteiger partial charge on any atom is 0.252 e. The Labute approximate surface area is 132 Å². The molecule has 0 saturated heterocycles. The number of amides is 1. The predicted octanol–water partition coefficient (Wildman–Crippen LogP) is 3.76. The summed E-state index contributed by atoms with van der Waals surface area (Å²) in [6.45, 7) is 1.95. The number of nitrogens with two attached hydrogens (primary N) is 1. The zero-order chi connectivity index (χ0) is 15.0. The number of benzene rings is 2. The number of halogens is 1. The Morgan fingerprint density at radius 3 is 2.90 bits per heavy atom. The van der Waals surface area contributed by atoms with Crippen LogP contribution in [0.5, 0.6) is 0 Å². The summed E-state index contributed by atoms with van der Waals surface area (Å²) in [5, 5.41) is 3.14. The molecule has 1 aliphatic rings. The van der Waals surface area contributed by atoms with Crippen LogP contribution in [0.2, 0.25) is 0 Å². The van der Waals surface area contributed by atoms with Crippen LogP contribution in [0.25, 0.3) is 0 Å². The lowest BCUT2D eigenvalue weighted by Crippen LogP contribution is -2.27. The molecule has 3 rings (SSSR count). The van der Waals surface area contributed by atoms with Gasteiger partial charge in [-0.1, -0.05) is 28.1 Å². The SMILES string of the molecule is Cc1ccc(Br)cc1C(=O)NC1CCc2cc(N)ccc21. The molecule has 0 saturated carbocycles. The van der Waals surface area contributed by atoms with E-state index in [-0.39, 0.29) is 11.9 Å². The van der Waals surface area contributed by atoms with Crippen molar-refractivity contribution < 1.29 is 4.79 Å². The number of carbonyl (C=O) groups excluding carboxylic acids is 1. The fourth-order valence-electron chi connectivity index (χ4n) is 2.86. The van der Waals surface area contributed by atoms with Gasteiger partial charge in [0, 0.05) is 15.7 Å². The van der Waals surface area contributed by atoms with Crippen molar-refractivity contribution in [2.75, 3.05) is 5.73 Å². The van der Waals surface area contributed by atoms with Crippen molar-refractivity contribution in [1.29, 1.82) is 0 Å². The molecule has 3 N–H and O–H groups in total. The summed E-state index contributed by atoms with van der Waals surface area (Å²) in [4.78, 5) is 12.5. The Kier molecular flexibility index (Phi) is 3.72. The third-order valence-corrected chi connectivity index (χ3v) is 4.49. The zero-order valence-electron chi connectivity index (χ0n) is 11.8. The third kappa shape index (κ3) is 2.81. The number of nitrogen functional groups attached to an aromatic ring is 1. The first-order valence-corrected chi connectivity index (χ1v) is 7.79. The number of nitrogens with one attached hydrogen (secondary N) is 1. The van der Waals surface area contributed by atoms with Crippen LogP contribution in [0.4, 0.5) is 5.69 Å². The van der Waals surface area contributed by atoms with Crippen LogP contribution in [-0.2, 0) is 6.42 Å². The van der Waals surface area contributed by atoms with E-state index in [0.717, 1.165) is 28.6 Å². The molecule has 0 aromatic heterocycles. The van der Waals surface area contributed by atoms with Crippen molar-refractivity contribution in [3.8, 4) is 0 Å². The molecular formula is C17H17BrN2O. The Morgan fingerprint density at radius 1 is 1.29 bits per heavy atom. The molecule has 0 radical (unpaired) electrons. The van der Waals surface area contributed by atoms with Gasteiger partial charge in [0.25, 0.3) is 5.91 Å². The van der Waals surface area contributed by atoms with E-state index in [4.69, 9.17) is 5.73 Å². The van der Waals surface area contributed by atoms with Crippen LogP contribution in [0.15, 0.2) is 40.9 Å². The normalized spacial score (nSPS) is 16.6. The van der Waals surface area contributed by atoms with Crippen molar-refractivity contribution in [1.82, 2.24) is 5.32 Å². The predicted molar refractivity (Wildman–Crippen MR) is 88.3 cm³/mol. The molecule has 1 amide bonds. The van der Waals surface area contributed by atoms with Gasteiger partial charge in [-0.2, -0.15) is 0 Å². The molecule has 4 heteroatoms. The minimum Gasteiger partial charge on any atom is -0.399 e. The first-order chi connectivity index (χ1) is 10.0. The maximum absolute atomic E-state index is 12.5. The summed E-state index contributed by atoms with van der Waals surface area (Å²) in [6, 6.07) is 11.8. The average Bonchev–Trinajstić information content (AvgIpc) is 2.83. The Hall–Kier alpha value is -1.81. The van der Waals surface area contributed by atoms with E-state index in [0.29, 0.717) is 5.56 Å². The second-order valence-electron chi connectivity index (χ2n) is 5.48. The molecule has 0 aliphatic heterocycles. The van der Waals surface area contributed by atoms with Crippen LogP contribution < -0.4 is 11.1 Å². The van der Waals surface area contributed by atoms with E-state index in [1.807, 2.05) is 43.3 Å². The number of hydrogen-bond acceptors (Lipinski definition) is 2. The summed E-state index contributed by atoms with van der Waals surface area (Å²) in [6.07, 6.45) is 1.89. The van der Waals surface area contributed by atoms with Crippen molar-refractivity contribution in [2.45, 2.75) is 25.8 Å². The van der Waals surface area contributed by atoms with Crippen LogP contribution in [-0.4, -0.2) is 5.91 Å². The van der Waals surface area contributed by atoms with E-state index in [2.05, 4.69) is 21.2 Å². The Bertz CT molecular complexity index is 712. The lowest BCUT2D eigenvalue weighted by molar-refractivity contribution is 0.0936. The van der Waals surface area contributed by atoms with Crippen molar-refractivity contribution in [3.63, 3.8) is 0 Å². The molecule has 1 atom stereocenters. The number of fused-ring (bicyclic) bond motifs is 1. The smallest absolute Gasteiger partial charge is 0.252 e. The van der Waals surface area contributed by atoms with Crippen LogP contribution in [0, 0.1) is 6.92 Å². The summed E-state index contributed by atoms with van der Waals surface area (Å²) < 4.78 is 0.915. The number of hydrogen-bond donors (Lipinski definition) is 2. The summed E-state index contributed by atoms with van der Waals surface area (Å²) in [5.74, 6) is -0.0246. The minimum atomic E-state index is -0.0246. The fraction of sp³-hybridized carbons (Fsp3) is 0.235. The van der Waals surface area contributed by atoms with E-state index < -0.39 is 0 Å². The van der Waals surface area contributed by atoms with Gasteiger partial charge in [0.2, 0.25) is 0 Å². The molecule has 0 heterocycles. The molecule has 3 nitrogen and oxygen atoms in total. The van der Waals surface area contributed by atoms with Gasteiger partial charge in [0.05, 0.1) is 6.04 Å². The summed E-state index contributed by atoms with van der Waals surface area (Å²) in [7, 11) is 0. The third-order valence-electron chi connectivity index (χ3n) is 3.99. The topological polar surface area (TPSA) is 55.1 Å². The summed E-state index contributed by atoms with van der Waals surface area (Å²) >= 11 is 3.42. The average molecular weight is 345 g/mol. The van der Waals surface area contributed by atoms with E-state index in [1.165, 1.54) is 11.1 Å². The van der Waals surface area contributed by atoms with Crippen LogP contribution in [0.1, 0.15) is 39.5 Å². The van der Waals surface area contributed by atoms with Gasteiger partial charge in [0.15, 0.2) is 0 Å². The lowest BCUT2D eigenvalue weighted by Gasteiger charge is -2.15. The van der Waals surface area contributed by atoms with Crippen molar-refractivity contribution >= 4 is 27.5 Å². The van der Waals surface area contributed by atoms with Gasteiger partial charge in [-0.15, -0.1) is 0 Å². The van der Waals surface area contributed by atoms with Gasteiger partial charge >= 0.3 is 0 Å². The first kappa shape index (κ1) is 14.1. The number of rotatable bonds is 2. The second-order valence-corrected chi connectivity index (χ2v) is 6.40. The van der Waals surface area contributed by atoms with Crippen molar-refractivity contribution in [3.05, 3.63) is 63.1 Å². The highest BCUT2D eigenvalue weighted by atomic mass is 79.9. The molecule has 0 fully saturated rings. The van der Waals surface area contributed by atoms with Gasteiger partial charge in [-0.25, -0.2) is 0 Å². The van der Waals surface area contributed by atoms with Gasteiger partial charge in [0.1, 0.15) is 0 Å². The number of carbonyl (C=O) groups is 1. The van der Waals surface area contributed by atoms with Gasteiger partial charge in [-0.3, -0.25) is 4.79 Å². The molecule has 1 unspecified atom stereocenters. The standard InChI is InChI=1S/C17H17BrN2O/c1-10-2-4-12(18)9-15(10)17(21)20-16-7-3-11-8-13(19)5-6-14(11)16/h2,4-6,8-9,16H,3,7,19H2,1H3,(H,20,21). The quantitative estimate of drug-likeness (QED) is 0.815. The second kappa shape index (κ2) is 5.53. The monoisotopic (exact) mass is 344 g/mol. The molecule has 21 heavy (non-hydrogen) atoms. The zero-order valence-corrected chi connectivity index (χ0v) is 13.4. The molecule has 1 aliphatic carbocycles. The Morgan fingerprint density at radius 2 is 2.10 bits per heavy atom. The largest absolute Gasteiger partial charge is 0.399 e. The lowest BCUT2D eigenvalue weighted by atomic mass is 10.1. The highest BCUT2D eigenvalue weighted by Crippen LogP contribution is 2.32. The number of aryl methyl sites for hydroxylation is 2. The molecule has 2 aromatic carbocycles. The number of anilines is 1. The van der Waals surface area contributed by atoms with Gasteiger partial charge < -0.3 is 11.1 Å². The van der Waals surface area contributed by atoms with Crippen LogP contribution in [0.3, 0.4) is 0 Å². The summed E-state index contributed by atoms with van der Waals surface area (Å²) in [5.41, 5.74) is 10.7. The molecular weight excluding hydrogens is 328 g/mol. The highest BCUT2D eigenvalue weighted by molar-refractivity contribution is 9.10. The highest BCUT2D eigenvalue weighted by Gasteiger charge is 2.24. The van der Waals surface area contributed by atoms with Crippen LogP contribution >= 0.6 is 15.9 Å². The first-order valence-electron chi connectivity index (χ1n) is 7.00. The maximum atomic E-state index is 12.5. The van der Waals surface area contributed by atoms with E-state index in [1.54, 1.807) is 0 Å². The van der Waals surface area contributed by atoms with E-state index >= 15 is 0 Å².